The molecule has 1 unspecified atom stereocenters. The highest BCUT2D eigenvalue weighted by Gasteiger charge is 2.23. The Bertz CT molecular complexity index is 723. The Hall–Kier alpha value is -2.12. The molecule has 1 aromatic heterocycles. The topological polar surface area (TPSA) is 54.9 Å². The standard InChI is InChI=1S/C19H23N3O3S/c23-18(21-7-9-22(10-8-21)19-20-6-12-26-19)15-3-1-4-16(13-15)25-14-17-5-2-11-24-17/h1,3-4,6,12-13,17H,2,5,7-11,14H2. The van der Waals surface area contributed by atoms with Crippen molar-refractivity contribution in [3.63, 3.8) is 0 Å². The van der Waals surface area contributed by atoms with Gasteiger partial charge in [-0.05, 0) is 31.0 Å². The molecule has 6 nitrogen and oxygen atoms in total. The van der Waals surface area contributed by atoms with Gasteiger partial charge in [0.25, 0.3) is 5.91 Å². The summed E-state index contributed by atoms with van der Waals surface area (Å²) in [5, 5.41) is 3.01. The van der Waals surface area contributed by atoms with Gasteiger partial charge in [-0.3, -0.25) is 4.79 Å². The summed E-state index contributed by atoms with van der Waals surface area (Å²) in [6, 6.07) is 7.47. The van der Waals surface area contributed by atoms with Crippen molar-refractivity contribution in [3.05, 3.63) is 41.4 Å². The van der Waals surface area contributed by atoms with E-state index in [0.29, 0.717) is 25.3 Å². The summed E-state index contributed by atoms with van der Waals surface area (Å²) >= 11 is 1.64. The van der Waals surface area contributed by atoms with Gasteiger partial charge in [0.05, 0.1) is 6.10 Å². The molecule has 2 fully saturated rings. The molecule has 1 aromatic carbocycles. The number of carbonyl (C=O) groups excluding carboxylic acids is 1. The van der Waals surface area contributed by atoms with Crippen molar-refractivity contribution in [2.45, 2.75) is 18.9 Å². The molecule has 2 aromatic rings. The van der Waals surface area contributed by atoms with Gasteiger partial charge in [-0.2, -0.15) is 0 Å². The number of ether oxygens (including phenoxy) is 2. The van der Waals surface area contributed by atoms with Crippen molar-refractivity contribution < 1.29 is 14.3 Å². The predicted octanol–water partition coefficient (Wildman–Crippen LogP) is 2.66. The molecule has 2 aliphatic rings. The van der Waals surface area contributed by atoms with Crippen molar-refractivity contribution >= 4 is 22.4 Å². The van der Waals surface area contributed by atoms with Crippen LogP contribution < -0.4 is 9.64 Å². The first-order valence-electron chi connectivity index (χ1n) is 9.08. The van der Waals surface area contributed by atoms with Crippen molar-refractivity contribution in [2.75, 3.05) is 44.3 Å². The van der Waals surface area contributed by atoms with Gasteiger partial charge >= 0.3 is 0 Å². The summed E-state index contributed by atoms with van der Waals surface area (Å²) < 4.78 is 11.4. The van der Waals surface area contributed by atoms with Crippen LogP contribution in [0.2, 0.25) is 0 Å². The number of thiazole rings is 1. The van der Waals surface area contributed by atoms with E-state index in [1.807, 2.05) is 40.7 Å². The van der Waals surface area contributed by atoms with Gasteiger partial charge in [0.2, 0.25) is 0 Å². The second kappa shape index (κ2) is 8.05. The smallest absolute Gasteiger partial charge is 0.254 e. The molecular weight excluding hydrogens is 350 g/mol. The van der Waals surface area contributed by atoms with Crippen LogP contribution in [0.3, 0.4) is 0 Å². The van der Waals surface area contributed by atoms with E-state index in [1.165, 1.54) is 0 Å². The molecule has 0 aliphatic carbocycles. The molecule has 0 radical (unpaired) electrons. The number of hydrogen-bond acceptors (Lipinski definition) is 6. The van der Waals surface area contributed by atoms with Crippen LogP contribution in [0.15, 0.2) is 35.8 Å². The summed E-state index contributed by atoms with van der Waals surface area (Å²) in [5.41, 5.74) is 0.678. The molecule has 26 heavy (non-hydrogen) atoms. The zero-order valence-corrected chi connectivity index (χ0v) is 15.5. The first-order valence-corrected chi connectivity index (χ1v) is 9.96. The Labute approximate surface area is 157 Å². The largest absolute Gasteiger partial charge is 0.491 e. The molecule has 1 atom stereocenters. The number of piperazine rings is 1. The van der Waals surface area contributed by atoms with Crippen LogP contribution in [-0.2, 0) is 4.74 Å². The Kier molecular flexibility index (Phi) is 5.36. The van der Waals surface area contributed by atoms with Crippen LogP contribution in [0.5, 0.6) is 5.75 Å². The number of benzene rings is 1. The summed E-state index contributed by atoms with van der Waals surface area (Å²) in [7, 11) is 0. The Morgan fingerprint density at radius 3 is 2.92 bits per heavy atom. The molecule has 0 spiro atoms. The maximum Gasteiger partial charge on any atom is 0.254 e. The lowest BCUT2D eigenvalue weighted by atomic mass is 10.1. The molecule has 4 rings (SSSR count). The number of aromatic nitrogens is 1. The van der Waals surface area contributed by atoms with Gasteiger partial charge in [0.15, 0.2) is 5.13 Å². The third-order valence-electron chi connectivity index (χ3n) is 4.80. The Morgan fingerprint density at radius 2 is 2.19 bits per heavy atom. The first kappa shape index (κ1) is 17.3. The quantitative estimate of drug-likeness (QED) is 0.807. The lowest BCUT2D eigenvalue weighted by Crippen LogP contribution is -2.48. The first-order chi connectivity index (χ1) is 12.8. The fraction of sp³-hybridized carbons (Fsp3) is 0.474. The van der Waals surface area contributed by atoms with E-state index in [-0.39, 0.29) is 12.0 Å². The molecule has 2 aliphatic heterocycles. The Morgan fingerprint density at radius 1 is 1.31 bits per heavy atom. The molecule has 3 heterocycles. The maximum atomic E-state index is 12.8. The maximum absolute atomic E-state index is 12.8. The SMILES string of the molecule is O=C(c1cccc(OCC2CCCO2)c1)N1CCN(c2nccs2)CC1. The Balaban J connectivity index is 1.33. The number of nitrogens with zero attached hydrogens (tertiary/aromatic N) is 3. The normalized spacial score (nSPS) is 20.4. The highest BCUT2D eigenvalue weighted by molar-refractivity contribution is 7.13. The van der Waals surface area contributed by atoms with E-state index in [0.717, 1.165) is 43.4 Å². The summed E-state index contributed by atoms with van der Waals surface area (Å²) in [6.45, 7) is 4.41. The lowest BCUT2D eigenvalue weighted by molar-refractivity contribution is 0.0677. The van der Waals surface area contributed by atoms with Gasteiger partial charge in [-0.15, -0.1) is 11.3 Å². The second-order valence-corrected chi connectivity index (χ2v) is 7.44. The van der Waals surface area contributed by atoms with E-state index < -0.39 is 0 Å². The molecule has 1 amide bonds. The lowest BCUT2D eigenvalue weighted by Gasteiger charge is -2.34. The molecule has 0 saturated carbocycles. The van der Waals surface area contributed by atoms with Crippen molar-refractivity contribution in [1.82, 2.24) is 9.88 Å². The molecule has 0 bridgehead atoms. The van der Waals surface area contributed by atoms with Crippen LogP contribution in [0.1, 0.15) is 23.2 Å². The highest BCUT2D eigenvalue weighted by atomic mass is 32.1. The highest BCUT2D eigenvalue weighted by Crippen LogP contribution is 2.21. The van der Waals surface area contributed by atoms with E-state index in [1.54, 1.807) is 11.3 Å². The fourth-order valence-electron chi connectivity index (χ4n) is 3.34. The van der Waals surface area contributed by atoms with Gasteiger partial charge in [-0.1, -0.05) is 6.07 Å². The van der Waals surface area contributed by atoms with Crippen LogP contribution in [-0.4, -0.2) is 61.3 Å². The van der Waals surface area contributed by atoms with Crippen LogP contribution in [0.4, 0.5) is 5.13 Å². The minimum absolute atomic E-state index is 0.0614. The van der Waals surface area contributed by atoms with E-state index in [2.05, 4.69) is 9.88 Å². The van der Waals surface area contributed by atoms with Gasteiger partial charge in [0.1, 0.15) is 12.4 Å². The zero-order chi connectivity index (χ0) is 17.8. The minimum atomic E-state index is 0.0614. The van der Waals surface area contributed by atoms with Crippen LogP contribution >= 0.6 is 11.3 Å². The molecule has 7 heteroatoms. The van der Waals surface area contributed by atoms with E-state index in [4.69, 9.17) is 9.47 Å². The third-order valence-corrected chi connectivity index (χ3v) is 5.63. The average Bonchev–Trinajstić information content (AvgIpc) is 3.40. The molecular formula is C19H23N3O3S. The fourth-order valence-corrected chi connectivity index (χ4v) is 4.04. The number of anilines is 1. The van der Waals surface area contributed by atoms with Crippen molar-refractivity contribution in [3.8, 4) is 5.75 Å². The summed E-state index contributed by atoms with van der Waals surface area (Å²) in [5.74, 6) is 0.791. The molecule has 2 saturated heterocycles. The van der Waals surface area contributed by atoms with Gasteiger partial charge < -0.3 is 19.3 Å². The molecule has 138 valence electrons. The number of hydrogen-bond donors (Lipinski definition) is 0. The number of amides is 1. The van der Waals surface area contributed by atoms with Gasteiger partial charge in [0, 0.05) is 49.9 Å². The second-order valence-electron chi connectivity index (χ2n) is 6.57. The van der Waals surface area contributed by atoms with E-state index in [9.17, 15) is 4.79 Å². The summed E-state index contributed by atoms with van der Waals surface area (Å²) in [6.07, 6.45) is 4.13. The average molecular weight is 373 g/mol. The van der Waals surface area contributed by atoms with E-state index >= 15 is 0 Å². The predicted molar refractivity (Wildman–Crippen MR) is 101 cm³/mol. The third kappa shape index (κ3) is 3.99. The van der Waals surface area contributed by atoms with Crippen molar-refractivity contribution in [2.24, 2.45) is 0 Å². The number of carbonyl (C=O) groups is 1. The number of rotatable bonds is 5. The minimum Gasteiger partial charge on any atom is -0.491 e. The monoisotopic (exact) mass is 373 g/mol. The van der Waals surface area contributed by atoms with Crippen LogP contribution in [0.25, 0.3) is 0 Å². The summed E-state index contributed by atoms with van der Waals surface area (Å²) in [4.78, 5) is 21.3. The van der Waals surface area contributed by atoms with Crippen LogP contribution in [0, 0.1) is 0 Å². The zero-order valence-electron chi connectivity index (χ0n) is 14.7. The molecule has 0 N–H and O–H groups in total. The van der Waals surface area contributed by atoms with Gasteiger partial charge in [-0.25, -0.2) is 4.98 Å². The van der Waals surface area contributed by atoms with Crippen molar-refractivity contribution in [1.29, 1.82) is 0 Å².